The Bertz CT molecular complexity index is 1190. The van der Waals surface area contributed by atoms with Crippen LogP contribution in [-0.4, -0.2) is 112 Å². The maximum Gasteiger partial charge on any atom is 0.331 e. The Morgan fingerprint density at radius 1 is 1.04 bits per heavy atom. The number of likely N-dealkylation sites (tertiary alicyclic amines) is 1. The number of nitrogens with zero attached hydrogens (tertiary/aromatic N) is 2. The van der Waals surface area contributed by atoms with E-state index in [1.54, 1.807) is 13.0 Å². The third-order valence-electron chi connectivity index (χ3n) is 14.0. The summed E-state index contributed by atoms with van der Waals surface area (Å²) in [5, 5.41) is 46.0. The lowest BCUT2D eigenvalue weighted by atomic mass is 9.41. The Kier molecular flexibility index (Phi) is 8.99. The van der Waals surface area contributed by atoms with E-state index in [4.69, 9.17) is 19.2 Å². The first-order valence-corrected chi connectivity index (χ1v) is 18.2. The fourth-order valence-electron chi connectivity index (χ4n) is 11.4. The summed E-state index contributed by atoms with van der Waals surface area (Å²) in [4.78, 5) is 19.6. The van der Waals surface area contributed by atoms with Gasteiger partial charge in [-0.3, -0.25) is 4.99 Å². The van der Waals surface area contributed by atoms with Crippen LogP contribution < -0.4 is 0 Å². The van der Waals surface area contributed by atoms with E-state index in [0.29, 0.717) is 38.8 Å². The molecule has 258 valence electrons. The first kappa shape index (κ1) is 33.1. The van der Waals surface area contributed by atoms with Gasteiger partial charge in [0.1, 0.15) is 12.7 Å². The second-order valence-corrected chi connectivity index (χ2v) is 16.1. The minimum absolute atomic E-state index is 0.0281. The van der Waals surface area contributed by atoms with Gasteiger partial charge in [-0.2, -0.15) is 0 Å². The molecule has 4 saturated carbocycles. The van der Waals surface area contributed by atoms with E-state index in [0.717, 1.165) is 57.3 Å². The molecule has 0 aromatic carbocycles. The summed E-state index contributed by atoms with van der Waals surface area (Å²) in [6, 6.07) is 0. The summed E-state index contributed by atoms with van der Waals surface area (Å²) in [7, 11) is 0. The van der Waals surface area contributed by atoms with E-state index in [1.165, 1.54) is 19.3 Å². The van der Waals surface area contributed by atoms with Crippen molar-refractivity contribution in [2.24, 2.45) is 33.6 Å². The van der Waals surface area contributed by atoms with E-state index >= 15 is 0 Å². The first-order chi connectivity index (χ1) is 22.0. The van der Waals surface area contributed by atoms with E-state index in [1.807, 2.05) is 0 Å². The number of aliphatic hydroxyl groups is 4. The predicted molar refractivity (Wildman–Crippen MR) is 171 cm³/mol. The molecular formula is C36H56N2O8. The molecule has 0 aromatic heterocycles. The molecule has 0 aromatic rings. The number of esters is 1. The lowest BCUT2D eigenvalue weighted by molar-refractivity contribution is -0.282. The van der Waals surface area contributed by atoms with Gasteiger partial charge < -0.3 is 39.5 Å². The second kappa shape index (κ2) is 12.5. The topological polar surface area (TPSA) is 141 Å². The normalized spacial score (nSPS) is 49.7. The van der Waals surface area contributed by atoms with Crippen LogP contribution >= 0.6 is 0 Å². The molecule has 10 nitrogen and oxygen atoms in total. The molecule has 12 unspecified atom stereocenters. The number of carbonyl (C=O) groups excluding carboxylic acids is 1. The molecular weight excluding hydrogens is 588 g/mol. The largest absolute Gasteiger partial charge is 0.458 e. The van der Waals surface area contributed by atoms with Crippen molar-refractivity contribution in [1.29, 1.82) is 0 Å². The van der Waals surface area contributed by atoms with Crippen LogP contribution in [0.2, 0.25) is 0 Å². The molecule has 7 aliphatic rings. The van der Waals surface area contributed by atoms with E-state index < -0.39 is 41.2 Å². The molecule has 0 amide bonds. The molecule has 0 radical (unpaired) electrons. The summed E-state index contributed by atoms with van der Waals surface area (Å²) in [6.07, 6.45) is 11.0. The fourth-order valence-corrected chi connectivity index (χ4v) is 11.4. The molecule has 3 heterocycles. The third kappa shape index (κ3) is 5.42. The molecule has 4 N–H and O–H groups in total. The Labute approximate surface area is 273 Å². The lowest BCUT2D eigenvalue weighted by Crippen LogP contribution is -2.69. The number of aliphatic imine (C=N–C) groups is 1. The Morgan fingerprint density at radius 3 is 2.57 bits per heavy atom. The van der Waals surface area contributed by atoms with Crippen LogP contribution in [0, 0.1) is 28.6 Å². The zero-order chi connectivity index (χ0) is 32.3. The van der Waals surface area contributed by atoms with E-state index in [9.17, 15) is 25.2 Å². The standard InChI is InChI=1S/C36H56N2O8/c1-23-32(41)29(39)19-31(45-23)46-25-6-11-34(22-37-14-17-38-15-4-3-5-16-38)27-7-10-33(2)26(24-18-30(40)44-21-24)9-13-36(33,43)28(27)8-12-35(34,42)20-25/h18,22-23,25-29,31-32,39,41-43H,3-17,19-21H2,1-2H3. The van der Waals surface area contributed by atoms with Gasteiger partial charge in [0.2, 0.25) is 0 Å². The third-order valence-corrected chi connectivity index (χ3v) is 14.0. The van der Waals surface area contributed by atoms with Crippen LogP contribution in [0.25, 0.3) is 0 Å². The molecule has 6 fully saturated rings. The van der Waals surface area contributed by atoms with Crippen LogP contribution in [0.3, 0.4) is 0 Å². The molecule has 0 bridgehead atoms. The quantitative estimate of drug-likeness (QED) is 0.187. The number of cyclic esters (lactones) is 1. The summed E-state index contributed by atoms with van der Waals surface area (Å²) in [6.45, 7) is 8.19. The van der Waals surface area contributed by atoms with Gasteiger partial charge in [0.25, 0.3) is 0 Å². The van der Waals surface area contributed by atoms with Gasteiger partial charge in [0, 0.05) is 42.5 Å². The summed E-state index contributed by atoms with van der Waals surface area (Å²) >= 11 is 0. The average Bonchev–Trinajstić information content (AvgIpc) is 3.58. The first-order valence-electron chi connectivity index (χ1n) is 18.2. The highest BCUT2D eigenvalue weighted by molar-refractivity contribution is 5.85. The van der Waals surface area contributed by atoms with Crippen LogP contribution in [-0.2, 0) is 19.0 Å². The summed E-state index contributed by atoms with van der Waals surface area (Å²) in [5.41, 5.74) is -1.83. The van der Waals surface area contributed by atoms with Gasteiger partial charge in [-0.25, -0.2) is 4.79 Å². The van der Waals surface area contributed by atoms with Crippen LogP contribution in [0.5, 0.6) is 0 Å². The Morgan fingerprint density at radius 2 is 1.83 bits per heavy atom. The monoisotopic (exact) mass is 644 g/mol. The molecule has 2 saturated heterocycles. The van der Waals surface area contributed by atoms with Crippen molar-refractivity contribution >= 4 is 12.2 Å². The highest BCUT2D eigenvalue weighted by atomic mass is 16.7. The zero-order valence-corrected chi connectivity index (χ0v) is 27.8. The molecule has 10 heteroatoms. The second-order valence-electron chi connectivity index (χ2n) is 16.1. The maximum atomic E-state index is 12.8. The molecule has 7 rings (SSSR count). The van der Waals surface area contributed by atoms with Crippen LogP contribution in [0.1, 0.15) is 97.3 Å². The minimum atomic E-state index is -1.04. The predicted octanol–water partition coefficient (Wildman–Crippen LogP) is 3.14. The number of hydrogen-bond acceptors (Lipinski definition) is 10. The number of hydrogen-bond donors (Lipinski definition) is 4. The van der Waals surface area contributed by atoms with Gasteiger partial charge in [0.15, 0.2) is 6.29 Å². The maximum absolute atomic E-state index is 12.8. The molecule has 3 aliphatic heterocycles. The van der Waals surface area contributed by atoms with Crippen LogP contribution in [0.4, 0.5) is 0 Å². The van der Waals surface area contributed by atoms with Gasteiger partial charge in [-0.1, -0.05) is 13.3 Å². The van der Waals surface area contributed by atoms with Gasteiger partial charge >= 0.3 is 5.97 Å². The van der Waals surface area contributed by atoms with Crippen molar-refractivity contribution in [2.45, 2.75) is 139 Å². The number of aliphatic hydroxyl groups excluding tert-OH is 2. The average molecular weight is 645 g/mol. The molecule has 0 spiro atoms. The van der Waals surface area contributed by atoms with Crippen LogP contribution in [0.15, 0.2) is 16.6 Å². The lowest BCUT2D eigenvalue weighted by Gasteiger charge is -2.66. The highest BCUT2D eigenvalue weighted by Gasteiger charge is 2.71. The number of rotatable bonds is 7. The van der Waals surface area contributed by atoms with Gasteiger partial charge in [-0.15, -0.1) is 0 Å². The van der Waals surface area contributed by atoms with Gasteiger partial charge in [0.05, 0.1) is 36.1 Å². The van der Waals surface area contributed by atoms with Crippen molar-refractivity contribution in [1.82, 2.24) is 4.90 Å². The number of fused-ring (bicyclic) bond motifs is 5. The van der Waals surface area contributed by atoms with Crippen molar-refractivity contribution in [2.75, 3.05) is 32.8 Å². The Balaban J connectivity index is 1.14. The fraction of sp³-hybridized carbons (Fsp3) is 0.889. The molecule has 4 aliphatic carbocycles. The van der Waals surface area contributed by atoms with Crippen molar-refractivity contribution in [3.63, 3.8) is 0 Å². The number of carbonyl (C=O) groups is 1. The zero-order valence-electron chi connectivity index (χ0n) is 27.8. The highest BCUT2D eigenvalue weighted by Crippen LogP contribution is 2.70. The number of ether oxygens (including phenoxy) is 3. The molecule has 12 atom stereocenters. The summed E-state index contributed by atoms with van der Waals surface area (Å²) < 4.78 is 17.6. The van der Waals surface area contributed by atoms with E-state index in [2.05, 4.69) is 18.0 Å². The smallest absolute Gasteiger partial charge is 0.331 e. The van der Waals surface area contributed by atoms with Gasteiger partial charge in [-0.05, 0) is 108 Å². The van der Waals surface area contributed by atoms with Crippen molar-refractivity contribution < 1.29 is 39.4 Å². The van der Waals surface area contributed by atoms with Crippen molar-refractivity contribution in [3.8, 4) is 0 Å². The van der Waals surface area contributed by atoms with E-state index in [-0.39, 0.29) is 41.7 Å². The number of piperidine rings is 1. The minimum Gasteiger partial charge on any atom is -0.458 e. The van der Waals surface area contributed by atoms with Crippen molar-refractivity contribution in [3.05, 3.63) is 11.6 Å². The SMILES string of the molecule is CC1OC(OC2CCC3(C=NCCN4CCCCC4)C4CCC5(C)C(C6=CC(=O)OC6)CCC5(O)C4CCC3(O)C2)CC(O)C1O. The molecule has 46 heavy (non-hydrogen) atoms. The summed E-state index contributed by atoms with van der Waals surface area (Å²) in [5.74, 6) is -0.0415. The Hall–Kier alpha value is -1.40.